The van der Waals surface area contributed by atoms with Gasteiger partial charge in [-0.05, 0) is 82.9 Å². The van der Waals surface area contributed by atoms with Crippen LogP contribution < -0.4 is 9.47 Å². The molecule has 0 radical (unpaired) electrons. The van der Waals surface area contributed by atoms with E-state index in [4.69, 9.17) is 9.47 Å². The molecule has 2 aromatic rings. The number of thioether (sulfide) groups is 1. The van der Waals surface area contributed by atoms with E-state index < -0.39 is 11.1 Å². The number of rotatable bonds is 7. The number of piperidine rings is 1. The van der Waals surface area contributed by atoms with Gasteiger partial charge in [0.25, 0.3) is 11.1 Å². The average molecular weight is 546 g/mol. The second-order valence-corrected chi connectivity index (χ2v) is 9.70. The number of nitrogens with zero attached hydrogens (tertiary/aromatic N) is 3. The van der Waals surface area contributed by atoms with Gasteiger partial charge in [0.15, 0.2) is 11.5 Å². The molecule has 0 spiro atoms. The molecule has 0 atom stereocenters. The number of amides is 3. The molecule has 0 saturated carbocycles. The van der Waals surface area contributed by atoms with Crippen LogP contribution in [0.3, 0.4) is 0 Å². The van der Waals surface area contributed by atoms with Crippen LogP contribution in [0.5, 0.6) is 11.5 Å². The second kappa shape index (κ2) is 11.1. The zero-order chi connectivity index (χ0) is 24.1. The van der Waals surface area contributed by atoms with E-state index in [-0.39, 0.29) is 24.0 Å². The molecule has 1 aromatic heterocycles. The van der Waals surface area contributed by atoms with E-state index in [2.05, 4.69) is 20.9 Å². The fourth-order valence-corrected chi connectivity index (χ4v) is 5.17. The Morgan fingerprint density at radius 1 is 1.21 bits per heavy atom. The third-order valence-electron chi connectivity index (χ3n) is 5.52. The molecule has 2 fully saturated rings. The monoisotopic (exact) mass is 545 g/mol. The summed E-state index contributed by atoms with van der Waals surface area (Å²) in [6.07, 6.45) is 6.31. The van der Waals surface area contributed by atoms with E-state index in [0.717, 1.165) is 41.6 Å². The highest BCUT2D eigenvalue weighted by Crippen LogP contribution is 2.39. The van der Waals surface area contributed by atoms with Gasteiger partial charge in [-0.25, -0.2) is 0 Å². The van der Waals surface area contributed by atoms with Crippen molar-refractivity contribution in [1.82, 2.24) is 14.8 Å². The molecule has 2 saturated heterocycles. The first-order chi connectivity index (χ1) is 16.5. The van der Waals surface area contributed by atoms with Crippen LogP contribution in [0.25, 0.3) is 6.08 Å². The number of pyridine rings is 1. The number of benzene rings is 1. The maximum absolute atomic E-state index is 12.9. The lowest BCUT2D eigenvalue weighted by Gasteiger charge is -2.27. The quantitative estimate of drug-likeness (QED) is 0.473. The first-order valence-corrected chi connectivity index (χ1v) is 12.5. The molecule has 10 heteroatoms. The minimum absolute atomic E-state index is 0.193. The van der Waals surface area contributed by atoms with Gasteiger partial charge in [0, 0.05) is 19.3 Å². The first-order valence-electron chi connectivity index (χ1n) is 10.9. The highest BCUT2D eigenvalue weighted by atomic mass is 79.9. The maximum atomic E-state index is 12.9. The Labute approximate surface area is 210 Å². The number of aromatic nitrogens is 1. The molecule has 0 aliphatic carbocycles. The Morgan fingerprint density at radius 2 is 2.00 bits per heavy atom. The van der Waals surface area contributed by atoms with Crippen LogP contribution in [-0.2, 0) is 16.2 Å². The lowest BCUT2D eigenvalue weighted by Crippen LogP contribution is -2.44. The van der Waals surface area contributed by atoms with E-state index >= 15 is 0 Å². The predicted octanol–water partition coefficient (Wildman–Crippen LogP) is 4.48. The molecule has 34 heavy (non-hydrogen) atoms. The van der Waals surface area contributed by atoms with Gasteiger partial charge in [0.2, 0.25) is 5.91 Å². The number of methoxy groups -OCH3 is 1. The van der Waals surface area contributed by atoms with E-state index in [1.165, 1.54) is 7.11 Å². The number of imide groups is 1. The van der Waals surface area contributed by atoms with Crippen LogP contribution in [0, 0.1) is 0 Å². The highest BCUT2D eigenvalue weighted by Gasteiger charge is 2.37. The van der Waals surface area contributed by atoms with Crippen molar-refractivity contribution in [3.05, 3.63) is 57.2 Å². The van der Waals surface area contributed by atoms with Crippen LogP contribution in [0.4, 0.5) is 4.79 Å². The zero-order valence-corrected chi connectivity index (χ0v) is 21.1. The van der Waals surface area contributed by atoms with Crippen LogP contribution in [0.2, 0.25) is 0 Å². The van der Waals surface area contributed by atoms with E-state index in [1.807, 2.05) is 18.2 Å². The Hall–Kier alpha value is -2.85. The summed E-state index contributed by atoms with van der Waals surface area (Å²) in [7, 11) is 1.53. The number of ether oxygens (including phenoxy) is 2. The third kappa shape index (κ3) is 5.61. The van der Waals surface area contributed by atoms with Crippen molar-refractivity contribution in [3.8, 4) is 11.5 Å². The molecule has 0 N–H and O–H groups in total. The van der Waals surface area contributed by atoms with Crippen molar-refractivity contribution in [2.75, 3.05) is 26.7 Å². The average Bonchev–Trinajstić information content (AvgIpc) is 3.11. The molecular formula is C24H24BrN3O5S. The summed E-state index contributed by atoms with van der Waals surface area (Å²) in [5.41, 5.74) is 1.43. The molecule has 0 bridgehead atoms. The predicted molar refractivity (Wildman–Crippen MR) is 132 cm³/mol. The Balaban J connectivity index is 1.48. The minimum atomic E-state index is -0.467. The van der Waals surface area contributed by atoms with Gasteiger partial charge < -0.3 is 14.4 Å². The van der Waals surface area contributed by atoms with Crippen LogP contribution in [-0.4, -0.2) is 58.6 Å². The summed E-state index contributed by atoms with van der Waals surface area (Å²) in [5, 5.41) is -0.442. The maximum Gasteiger partial charge on any atom is 0.294 e. The van der Waals surface area contributed by atoms with Crippen LogP contribution in [0.15, 0.2) is 45.9 Å². The van der Waals surface area contributed by atoms with Crippen molar-refractivity contribution in [2.45, 2.75) is 25.9 Å². The van der Waals surface area contributed by atoms with E-state index in [9.17, 15) is 14.4 Å². The summed E-state index contributed by atoms with van der Waals surface area (Å²) in [4.78, 5) is 45.1. The standard InChI is InChI=1S/C24H24BrN3O5S/c1-32-19-12-16(11-18(25)22(19)33-15-17-7-3-4-8-26-17)13-20-23(30)28(24(31)34-20)14-21(29)27-9-5-2-6-10-27/h3-4,7-8,11-13H,2,5-6,9-10,14-15H2,1H3/b20-13-. The first kappa shape index (κ1) is 24.3. The summed E-state index contributed by atoms with van der Waals surface area (Å²) >= 11 is 4.33. The fourth-order valence-electron chi connectivity index (χ4n) is 3.76. The van der Waals surface area contributed by atoms with Gasteiger partial charge in [-0.2, -0.15) is 0 Å². The molecule has 8 nitrogen and oxygen atoms in total. The minimum Gasteiger partial charge on any atom is -0.493 e. The van der Waals surface area contributed by atoms with E-state index in [1.54, 1.807) is 29.3 Å². The van der Waals surface area contributed by atoms with Gasteiger partial charge >= 0.3 is 0 Å². The van der Waals surface area contributed by atoms with Crippen molar-refractivity contribution in [1.29, 1.82) is 0 Å². The molecular weight excluding hydrogens is 522 g/mol. The SMILES string of the molecule is COc1cc(/C=C2\SC(=O)N(CC(=O)N3CCCCC3)C2=O)cc(Br)c1OCc1ccccn1. The van der Waals surface area contributed by atoms with Crippen molar-refractivity contribution < 1.29 is 23.9 Å². The Morgan fingerprint density at radius 3 is 2.71 bits per heavy atom. The zero-order valence-electron chi connectivity index (χ0n) is 18.7. The molecule has 1 aromatic carbocycles. The van der Waals surface area contributed by atoms with Gasteiger partial charge in [0.1, 0.15) is 13.2 Å². The Bertz CT molecular complexity index is 1120. The number of carbonyl (C=O) groups is 3. The summed E-state index contributed by atoms with van der Waals surface area (Å²) in [5.74, 6) is 0.314. The van der Waals surface area contributed by atoms with Gasteiger partial charge in [-0.15, -0.1) is 0 Å². The van der Waals surface area contributed by atoms with Crippen LogP contribution in [0.1, 0.15) is 30.5 Å². The smallest absolute Gasteiger partial charge is 0.294 e. The number of hydrogen-bond donors (Lipinski definition) is 0. The van der Waals surface area contributed by atoms with Crippen molar-refractivity contribution >= 4 is 50.8 Å². The molecule has 178 valence electrons. The van der Waals surface area contributed by atoms with Gasteiger partial charge in [-0.3, -0.25) is 24.3 Å². The lowest BCUT2D eigenvalue weighted by atomic mass is 10.1. The number of carbonyl (C=O) groups excluding carboxylic acids is 3. The normalized spacial score (nSPS) is 17.4. The highest BCUT2D eigenvalue weighted by molar-refractivity contribution is 9.10. The fraction of sp³-hybridized carbons (Fsp3) is 0.333. The summed E-state index contributed by atoms with van der Waals surface area (Å²) in [6, 6.07) is 9.09. The topological polar surface area (TPSA) is 89.0 Å². The number of hydrogen-bond acceptors (Lipinski definition) is 7. The Kier molecular flexibility index (Phi) is 7.89. The summed E-state index contributed by atoms with van der Waals surface area (Å²) < 4.78 is 12.0. The van der Waals surface area contributed by atoms with Crippen molar-refractivity contribution in [2.24, 2.45) is 0 Å². The largest absolute Gasteiger partial charge is 0.493 e. The van der Waals surface area contributed by atoms with Crippen molar-refractivity contribution in [3.63, 3.8) is 0 Å². The number of halogens is 1. The van der Waals surface area contributed by atoms with Gasteiger partial charge in [0.05, 0.1) is 22.2 Å². The van der Waals surface area contributed by atoms with E-state index in [0.29, 0.717) is 34.6 Å². The molecule has 2 aliphatic rings. The lowest BCUT2D eigenvalue weighted by molar-refractivity contribution is -0.136. The molecule has 2 aliphatic heterocycles. The molecule has 3 heterocycles. The van der Waals surface area contributed by atoms with Gasteiger partial charge in [-0.1, -0.05) is 6.07 Å². The molecule has 0 unspecified atom stereocenters. The molecule has 4 rings (SSSR count). The third-order valence-corrected chi connectivity index (χ3v) is 7.01. The summed E-state index contributed by atoms with van der Waals surface area (Å²) in [6.45, 7) is 1.38. The molecule has 3 amide bonds. The second-order valence-electron chi connectivity index (χ2n) is 7.85. The van der Waals surface area contributed by atoms with Crippen LogP contribution >= 0.6 is 27.7 Å². The number of likely N-dealkylation sites (tertiary alicyclic amines) is 1.